The highest BCUT2D eigenvalue weighted by atomic mass is 16.5. The molecule has 0 radical (unpaired) electrons. The molecule has 18 heavy (non-hydrogen) atoms. The number of nitrogens with one attached hydrogen (secondary N) is 1. The van der Waals surface area contributed by atoms with Gasteiger partial charge in [0, 0.05) is 25.8 Å². The van der Waals surface area contributed by atoms with Crippen molar-refractivity contribution < 1.29 is 14.5 Å². The maximum Gasteiger partial charge on any atom is 0.277 e. The average Bonchev–Trinajstić information content (AvgIpc) is 2.39. The van der Waals surface area contributed by atoms with E-state index in [2.05, 4.69) is 4.98 Å². The lowest BCUT2D eigenvalue weighted by Crippen LogP contribution is -2.98. The van der Waals surface area contributed by atoms with Crippen LogP contribution >= 0.6 is 0 Å². The monoisotopic (exact) mass is 252 g/mol. The Labute approximate surface area is 107 Å². The van der Waals surface area contributed by atoms with Crippen LogP contribution in [0, 0.1) is 5.21 Å². The molecular formula is C13H20N2O3. The van der Waals surface area contributed by atoms with Crippen molar-refractivity contribution in [1.29, 1.82) is 0 Å². The molecule has 0 bridgehead atoms. The van der Waals surface area contributed by atoms with Crippen molar-refractivity contribution in [2.45, 2.75) is 37.9 Å². The lowest BCUT2D eigenvalue weighted by Gasteiger charge is -2.29. The molecule has 3 atom stereocenters. The number of hydroxylamine groups is 1. The van der Waals surface area contributed by atoms with Crippen molar-refractivity contribution in [2.75, 3.05) is 14.2 Å². The van der Waals surface area contributed by atoms with Gasteiger partial charge in [-0.15, -0.1) is 0 Å². The van der Waals surface area contributed by atoms with Crippen LogP contribution in [-0.2, 0) is 4.74 Å². The summed E-state index contributed by atoms with van der Waals surface area (Å²) >= 11 is 0. The van der Waals surface area contributed by atoms with Crippen molar-refractivity contribution in [3.05, 3.63) is 23.5 Å². The lowest BCUT2D eigenvalue weighted by atomic mass is 9.95. The molecule has 1 N–H and O–H groups in total. The number of ether oxygens (including phenoxy) is 2. The fourth-order valence-corrected chi connectivity index (χ4v) is 2.33. The number of hydrogen-bond acceptors (Lipinski definition) is 4. The van der Waals surface area contributed by atoms with Crippen molar-refractivity contribution in [3.8, 4) is 5.88 Å². The van der Waals surface area contributed by atoms with E-state index in [1.807, 2.05) is 0 Å². The zero-order valence-electron chi connectivity index (χ0n) is 10.9. The number of pyridine rings is 1. The molecule has 0 aromatic carbocycles. The Balaban J connectivity index is 2.04. The highest BCUT2D eigenvalue weighted by molar-refractivity contribution is 5.39. The Morgan fingerprint density at radius 3 is 2.89 bits per heavy atom. The molecule has 0 aliphatic heterocycles. The Bertz CT molecular complexity index is 384. The second-order valence-electron chi connectivity index (χ2n) is 4.68. The minimum atomic E-state index is -0.0165. The van der Waals surface area contributed by atoms with Gasteiger partial charge in [-0.05, 0) is 25.3 Å². The third-order valence-electron chi connectivity index (χ3n) is 3.34. The van der Waals surface area contributed by atoms with E-state index in [9.17, 15) is 5.21 Å². The van der Waals surface area contributed by atoms with E-state index in [-0.39, 0.29) is 17.3 Å². The van der Waals surface area contributed by atoms with Crippen LogP contribution in [0.3, 0.4) is 0 Å². The van der Waals surface area contributed by atoms with Crippen molar-refractivity contribution in [2.24, 2.45) is 0 Å². The van der Waals surface area contributed by atoms with Crippen LogP contribution < -0.4 is 9.80 Å². The van der Waals surface area contributed by atoms with Crippen molar-refractivity contribution in [1.82, 2.24) is 4.98 Å². The van der Waals surface area contributed by atoms with E-state index in [1.54, 1.807) is 25.4 Å². The van der Waals surface area contributed by atoms with E-state index in [0.717, 1.165) is 25.7 Å². The topological polar surface area (TPSA) is 58.8 Å². The number of aromatic nitrogens is 1. The van der Waals surface area contributed by atoms with Crippen LogP contribution in [0.25, 0.3) is 0 Å². The highest BCUT2D eigenvalue weighted by Crippen LogP contribution is 2.26. The van der Waals surface area contributed by atoms with Crippen LogP contribution in [-0.4, -0.2) is 31.3 Å². The number of hydrogen-bond donors (Lipinski definition) is 1. The van der Waals surface area contributed by atoms with Crippen LogP contribution in [0.4, 0.5) is 5.69 Å². The summed E-state index contributed by atoms with van der Waals surface area (Å²) in [5, 5.41) is 11.5. The van der Waals surface area contributed by atoms with Gasteiger partial charge in [0.15, 0.2) is 5.69 Å². The van der Waals surface area contributed by atoms with Crippen molar-refractivity contribution in [3.63, 3.8) is 0 Å². The Morgan fingerprint density at radius 2 is 2.17 bits per heavy atom. The summed E-state index contributed by atoms with van der Waals surface area (Å²) in [6, 6.07) is 3.50. The zero-order chi connectivity index (χ0) is 13.0. The molecule has 1 aromatic heterocycles. The van der Waals surface area contributed by atoms with Gasteiger partial charge in [0.1, 0.15) is 6.10 Å². The molecule has 5 heteroatoms. The largest absolute Gasteiger partial charge is 0.629 e. The normalized spacial score (nSPS) is 25.7. The van der Waals surface area contributed by atoms with Gasteiger partial charge in [0.25, 0.3) is 5.88 Å². The van der Waals surface area contributed by atoms with Crippen LogP contribution in [0.15, 0.2) is 18.3 Å². The Hall–Kier alpha value is -1.17. The molecule has 2 rings (SSSR count). The SMILES string of the molecule is CO[C@H]1CCC[C@@H](Oc2ncccc2[NH+](C)[O-])C1. The first-order valence-corrected chi connectivity index (χ1v) is 6.36. The van der Waals surface area contributed by atoms with Crippen LogP contribution in [0.5, 0.6) is 5.88 Å². The van der Waals surface area contributed by atoms with E-state index in [0.29, 0.717) is 11.6 Å². The van der Waals surface area contributed by atoms with E-state index in [1.165, 1.54) is 7.05 Å². The predicted molar refractivity (Wildman–Crippen MR) is 67.8 cm³/mol. The van der Waals surface area contributed by atoms with Crippen LogP contribution in [0.1, 0.15) is 25.7 Å². The third kappa shape index (κ3) is 3.19. The van der Waals surface area contributed by atoms with Gasteiger partial charge in [-0.1, -0.05) is 0 Å². The Kier molecular flexibility index (Phi) is 4.52. The minimum absolute atomic E-state index is 0.0165. The van der Waals surface area contributed by atoms with Crippen molar-refractivity contribution >= 4 is 5.69 Å². The maximum absolute atomic E-state index is 11.5. The standard InChI is InChI=1S/C13H20N2O3/c1-15(16)12-7-4-8-14-13(12)18-11-6-3-5-10(9-11)17-2/h4,7-8,10-11,15H,3,5-6,9H2,1-2H3/t10-,11+/m0/s1. The fraction of sp³-hybridized carbons (Fsp3) is 0.615. The molecule has 1 unspecified atom stereocenters. The van der Waals surface area contributed by atoms with Gasteiger partial charge in [0.2, 0.25) is 0 Å². The number of rotatable bonds is 4. The molecule has 1 heterocycles. The number of quaternary nitrogens is 1. The van der Waals surface area contributed by atoms with E-state index in [4.69, 9.17) is 9.47 Å². The maximum atomic E-state index is 11.5. The molecule has 1 fully saturated rings. The average molecular weight is 252 g/mol. The first-order valence-electron chi connectivity index (χ1n) is 6.36. The summed E-state index contributed by atoms with van der Waals surface area (Å²) in [6.45, 7) is 0. The number of nitrogens with zero attached hydrogens (tertiary/aromatic N) is 1. The summed E-state index contributed by atoms with van der Waals surface area (Å²) in [7, 11) is 3.26. The minimum Gasteiger partial charge on any atom is -0.629 e. The van der Waals surface area contributed by atoms with Crippen LogP contribution in [0.2, 0.25) is 0 Å². The quantitative estimate of drug-likeness (QED) is 0.814. The van der Waals surface area contributed by atoms with E-state index >= 15 is 0 Å². The molecule has 1 aliphatic rings. The first kappa shape index (κ1) is 13.3. The molecule has 0 amide bonds. The smallest absolute Gasteiger partial charge is 0.277 e. The van der Waals surface area contributed by atoms with E-state index < -0.39 is 0 Å². The van der Waals surface area contributed by atoms with Gasteiger partial charge >= 0.3 is 0 Å². The molecule has 1 saturated carbocycles. The summed E-state index contributed by atoms with van der Waals surface area (Å²) in [5.41, 5.74) is 0.553. The summed E-state index contributed by atoms with van der Waals surface area (Å²) in [4.78, 5) is 4.16. The molecule has 5 nitrogen and oxygen atoms in total. The molecule has 1 aliphatic carbocycles. The van der Waals surface area contributed by atoms with Gasteiger partial charge in [-0.3, -0.25) is 0 Å². The zero-order valence-corrected chi connectivity index (χ0v) is 10.9. The molecule has 100 valence electrons. The summed E-state index contributed by atoms with van der Waals surface area (Å²) in [5.74, 6) is 0.451. The van der Waals surface area contributed by atoms with Gasteiger partial charge < -0.3 is 19.7 Å². The second-order valence-corrected chi connectivity index (χ2v) is 4.68. The molecule has 0 spiro atoms. The second kappa shape index (κ2) is 6.13. The van der Waals surface area contributed by atoms with Gasteiger partial charge in [-0.25, -0.2) is 4.98 Å². The predicted octanol–water partition coefficient (Wildman–Crippen LogP) is 1.06. The summed E-state index contributed by atoms with van der Waals surface area (Å²) < 4.78 is 11.2. The Morgan fingerprint density at radius 1 is 1.39 bits per heavy atom. The molecule has 1 aromatic rings. The number of methoxy groups -OCH3 is 1. The fourth-order valence-electron chi connectivity index (χ4n) is 2.33. The molecule has 0 saturated heterocycles. The third-order valence-corrected chi connectivity index (χ3v) is 3.34. The van der Waals surface area contributed by atoms with Gasteiger partial charge in [-0.2, -0.15) is 0 Å². The van der Waals surface area contributed by atoms with Gasteiger partial charge in [0.05, 0.1) is 13.2 Å². The summed E-state index contributed by atoms with van der Waals surface area (Å²) in [6.07, 6.45) is 6.03. The first-order chi connectivity index (χ1) is 8.70. The lowest BCUT2D eigenvalue weighted by molar-refractivity contribution is -0.751. The molecular weight excluding hydrogens is 232 g/mol. The highest BCUT2D eigenvalue weighted by Gasteiger charge is 2.24.